The van der Waals surface area contributed by atoms with Crippen LogP contribution in [-0.2, 0) is 4.79 Å². The topological polar surface area (TPSA) is 80.2 Å². The van der Waals surface area contributed by atoms with Crippen molar-refractivity contribution in [2.75, 3.05) is 20.8 Å². The summed E-state index contributed by atoms with van der Waals surface area (Å²) in [4.78, 5) is 10.7. The van der Waals surface area contributed by atoms with Crippen LogP contribution in [0.15, 0.2) is 23.3 Å². The van der Waals surface area contributed by atoms with Gasteiger partial charge in [0.25, 0.3) is 5.91 Å². The monoisotopic (exact) mass is 238 g/mol. The fourth-order valence-electron chi connectivity index (χ4n) is 1.15. The molecule has 0 saturated heterocycles. The molecule has 1 aromatic rings. The number of hydrogen-bond donors (Lipinski definition) is 2. The Hall–Kier alpha value is -2.08. The summed E-state index contributed by atoms with van der Waals surface area (Å²) in [7, 11) is 3.08. The minimum Gasteiger partial charge on any atom is -0.493 e. The Bertz CT molecular complexity index is 418. The van der Waals surface area contributed by atoms with Crippen LogP contribution in [0.2, 0.25) is 0 Å². The quantitative estimate of drug-likeness (QED) is 0.565. The van der Waals surface area contributed by atoms with E-state index in [4.69, 9.17) is 14.6 Å². The van der Waals surface area contributed by atoms with E-state index < -0.39 is 12.5 Å². The molecule has 92 valence electrons. The molecular formula is C11H14N2O4. The maximum Gasteiger partial charge on any atom is 0.265 e. The third-order valence-corrected chi connectivity index (χ3v) is 1.95. The van der Waals surface area contributed by atoms with Crippen molar-refractivity contribution in [2.24, 2.45) is 5.10 Å². The van der Waals surface area contributed by atoms with Gasteiger partial charge in [0.05, 0.1) is 20.4 Å². The normalized spacial score (nSPS) is 10.3. The number of amides is 1. The third kappa shape index (κ3) is 3.76. The first-order chi connectivity index (χ1) is 8.21. The van der Waals surface area contributed by atoms with E-state index in [1.54, 1.807) is 25.3 Å². The van der Waals surface area contributed by atoms with Crippen LogP contribution in [0.4, 0.5) is 0 Å². The van der Waals surface area contributed by atoms with Crippen LogP contribution in [0.1, 0.15) is 5.56 Å². The number of ether oxygens (including phenoxy) is 2. The number of benzene rings is 1. The maximum absolute atomic E-state index is 10.7. The number of carbonyl (C=O) groups is 1. The van der Waals surface area contributed by atoms with E-state index in [0.29, 0.717) is 11.5 Å². The van der Waals surface area contributed by atoms with Gasteiger partial charge in [0, 0.05) is 0 Å². The summed E-state index contributed by atoms with van der Waals surface area (Å²) in [6, 6.07) is 5.21. The van der Waals surface area contributed by atoms with Crippen molar-refractivity contribution in [3.05, 3.63) is 23.8 Å². The van der Waals surface area contributed by atoms with Gasteiger partial charge in [-0.05, 0) is 23.8 Å². The molecule has 17 heavy (non-hydrogen) atoms. The van der Waals surface area contributed by atoms with E-state index in [-0.39, 0.29) is 0 Å². The molecule has 0 radical (unpaired) electrons. The average Bonchev–Trinajstić information content (AvgIpc) is 2.38. The number of aliphatic hydroxyl groups excluding tert-OH is 1. The second kappa shape index (κ2) is 6.49. The zero-order valence-electron chi connectivity index (χ0n) is 9.64. The predicted octanol–water partition coefficient (Wildman–Crippen LogP) is 0.146. The van der Waals surface area contributed by atoms with Gasteiger partial charge in [-0.2, -0.15) is 5.10 Å². The number of carbonyl (C=O) groups excluding carboxylic acids is 1. The van der Waals surface area contributed by atoms with E-state index in [1.165, 1.54) is 13.3 Å². The van der Waals surface area contributed by atoms with Gasteiger partial charge in [-0.25, -0.2) is 5.43 Å². The molecule has 6 heteroatoms. The van der Waals surface area contributed by atoms with Gasteiger partial charge in [0.2, 0.25) is 0 Å². The number of aliphatic hydroxyl groups is 1. The second-order valence-corrected chi connectivity index (χ2v) is 3.07. The van der Waals surface area contributed by atoms with E-state index in [1.807, 2.05) is 0 Å². The van der Waals surface area contributed by atoms with Gasteiger partial charge in [0.1, 0.15) is 6.61 Å². The molecule has 0 atom stereocenters. The molecular weight excluding hydrogens is 224 g/mol. The first-order valence-electron chi connectivity index (χ1n) is 4.86. The van der Waals surface area contributed by atoms with Crippen LogP contribution < -0.4 is 14.9 Å². The van der Waals surface area contributed by atoms with Crippen molar-refractivity contribution in [3.63, 3.8) is 0 Å². The minimum absolute atomic E-state index is 0.568. The molecule has 0 heterocycles. The van der Waals surface area contributed by atoms with Crippen LogP contribution in [-0.4, -0.2) is 38.1 Å². The number of hydrazone groups is 1. The van der Waals surface area contributed by atoms with Crippen LogP contribution in [0, 0.1) is 0 Å². The summed E-state index contributed by atoms with van der Waals surface area (Å²) in [6.07, 6.45) is 1.44. The Balaban J connectivity index is 2.75. The molecule has 0 saturated carbocycles. The van der Waals surface area contributed by atoms with Crippen molar-refractivity contribution < 1.29 is 19.4 Å². The first-order valence-corrected chi connectivity index (χ1v) is 4.86. The first kappa shape index (κ1) is 13.0. The lowest BCUT2D eigenvalue weighted by Crippen LogP contribution is -2.20. The second-order valence-electron chi connectivity index (χ2n) is 3.07. The molecule has 6 nitrogen and oxygen atoms in total. The van der Waals surface area contributed by atoms with E-state index >= 15 is 0 Å². The number of methoxy groups -OCH3 is 2. The fraction of sp³-hybridized carbons (Fsp3) is 0.273. The minimum atomic E-state index is -0.594. The molecule has 0 unspecified atom stereocenters. The highest BCUT2D eigenvalue weighted by molar-refractivity contribution is 5.83. The molecule has 1 amide bonds. The molecule has 0 bridgehead atoms. The molecule has 1 aromatic carbocycles. The Morgan fingerprint density at radius 2 is 2.12 bits per heavy atom. The average molecular weight is 238 g/mol. The van der Waals surface area contributed by atoms with Crippen molar-refractivity contribution in [1.82, 2.24) is 5.43 Å². The lowest BCUT2D eigenvalue weighted by atomic mass is 10.2. The van der Waals surface area contributed by atoms with Crippen molar-refractivity contribution in [2.45, 2.75) is 0 Å². The van der Waals surface area contributed by atoms with Crippen molar-refractivity contribution in [1.29, 1.82) is 0 Å². The van der Waals surface area contributed by atoms with Crippen molar-refractivity contribution >= 4 is 12.1 Å². The summed E-state index contributed by atoms with van der Waals surface area (Å²) < 4.78 is 10.2. The number of nitrogens with zero attached hydrogens (tertiary/aromatic N) is 1. The van der Waals surface area contributed by atoms with Gasteiger partial charge < -0.3 is 14.6 Å². The smallest absolute Gasteiger partial charge is 0.265 e. The summed E-state index contributed by atoms with van der Waals surface area (Å²) in [5.41, 5.74) is 2.89. The van der Waals surface area contributed by atoms with Crippen LogP contribution in [0.5, 0.6) is 11.5 Å². The van der Waals surface area contributed by atoms with Crippen LogP contribution in [0.3, 0.4) is 0 Å². The largest absolute Gasteiger partial charge is 0.493 e. The lowest BCUT2D eigenvalue weighted by molar-refractivity contribution is -0.123. The molecule has 0 spiro atoms. The molecule has 0 fully saturated rings. The number of hydrogen-bond acceptors (Lipinski definition) is 5. The SMILES string of the molecule is COc1ccc(/C=N/NC(=O)CO)cc1OC. The molecule has 2 N–H and O–H groups in total. The molecule has 0 aliphatic heterocycles. The lowest BCUT2D eigenvalue weighted by Gasteiger charge is -2.07. The maximum atomic E-state index is 10.7. The standard InChI is InChI=1S/C11H14N2O4/c1-16-9-4-3-8(5-10(9)17-2)6-12-13-11(15)7-14/h3-6,14H,7H2,1-2H3,(H,13,15)/b12-6+. The third-order valence-electron chi connectivity index (χ3n) is 1.95. The van der Waals surface area contributed by atoms with Gasteiger partial charge in [0.15, 0.2) is 11.5 Å². The van der Waals surface area contributed by atoms with Gasteiger partial charge in [-0.3, -0.25) is 4.79 Å². The Morgan fingerprint density at radius 3 is 2.71 bits per heavy atom. The Morgan fingerprint density at radius 1 is 1.41 bits per heavy atom. The fourth-order valence-corrected chi connectivity index (χ4v) is 1.15. The Kier molecular flexibility index (Phi) is 4.96. The van der Waals surface area contributed by atoms with Gasteiger partial charge in [-0.1, -0.05) is 0 Å². The van der Waals surface area contributed by atoms with Crippen LogP contribution in [0.25, 0.3) is 0 Å². The number of nitrogens with one attached hydrogen (secondary N) is 1. The molecule has 1 rings (SSSR count). The van der Waals surface area contributed by atoms with E-state index in [0.717, 1.165) is 5.56 Å². The summed E-state index contributed by atoms with van der Waals surface area (Å²) in [5.74, 6) is 0.621. The van der Waals surface area contributed by atoms with Crippen LogP contribution >= 0.6 is 0 Å². The highest BCUT2D eigenvalue weighted by atomic mass is 16.5. The summed E-state index contributed by atoms with van der Waals surface area (Å²) in [6.45, 7) is -0.594. The van der Waals surface area contributed by atoms with Gasteiger partial charge in [-0.15, -0.1) is 0 Å². The predicted molar refractivity (Wildman–Crippen MR) is 62.4 cm³/mol. The molecule has 0 aromatic heterocycles. The Labute approximate surface area is 98.9 Å². The molecule has 0 aliphatic rings. The highest BCUT2D eigenvalue weighted by Crippen LogP contribution is 2.26. The zero-order valence-corrected chi connectivity index (χ0v) is 9.64. The summed E-state index contributed by atoms with van der Waals surface area (Å²) in [5, 5.41) is 12.1. The zero-order chi connectivity index (χ0) is 12.7. The van der Waals surface area contributed by atoms with E-state index in [2.05, 4.69) is 10.5 Å². The molecule has 0 aliphatic carbocycles. The highest BCUT2D eigenvalue weighted by Gasteiger charge is 2.02. The van der Waals surface area contributed by atoms with E-state index in [9.17, 15) is 4.79 Å². The van der Waals surface area contributed by atoms with Crippen molar-refractivity contribution in [3.8, 4) is 11.5 Å². The summed E-state index contributed by atoms with van der Waals surface area (Å²) >= 11 is 0. The number of rotatable bonds is 5. The van der Waals surface area contributed by atoms with Gasteiger partial charge >= 0.3 is 0 Å².